The van der Waals surface area contributed by atoms with Gasteiger partial charge in [0.2, 0.25) is 0 Å². The molecule has 5 nitrogen and oxygen atoms in total. The van der Waals surface area contributed by atoms with Gasteiger partial charge in [0.05, 0.1) is 0 Å². The number of benzene rings is 1. The van der Waals surface area contributed by atoms with Gasteiger partial charge < -0.3 is 15.4 Å². The minimum atomic E-state index is -0.890. The third-order valence-electron chi connectivity index (χ3n) is 2.24. The molecule has 0 unspecified atom stereocenters. The van der Waals surface area contributed by atoms with Crippen LogP contribution in [-0.4, -0.2) is 21.8 Å². The highest BCUT2D eigenvalue weighted by Crippen LogP contribution is 2.15. The van der Waals surface area contributed by atoms with Crippen LogP contribution < -0.4 is 5.73 Å². The van der Waals surface area contributed by atoms with Crippen molar-refractivity contribution in [2.24, 2.45) is 5.73 Å². The van der Waals surface area contributed by atoms with Gasteiger partial charge in [0, 0.05) is 17.4 Å². The van der Waals surface area contributed by atoms with Gasteiger partial charge in [0.25, 0.3) is 5.89 Å². The topological polar surface area (TPSA) is 85.2 Å². The molecule has 0 saturated heterocycles. The molecule has 0 bridgehead atoms. The highest BCUT2D eigenvalue weighted by atomic mass is 79.9. The van der Waals surface area contributed by atoms with E-state index in [1.165, 1.54) is 0 Å². The lowest BCUT2D eigenvalue weighted by Gasteiger charge is -1.98. The van der Waals surface area contributed by atoms with Gasteiger partial charge in [-0.3, -0.25) is 0 Å². The van der Waals surface area contributed by atoms with Crippen molar-refractivity contribution < 1.29 is 9.63 Å². The first kappa shape index (κ1) is 12.2. The first-order valence-electron chi connectivity index (χ1n) is 5.14. The van der Waals surface area contributed by atoms with E-state index in [-0.39, 0.29) is 12.4 Å². The van der Waals surface area contributed by atoms with Gasteiger partial charge >= 0.3 is 0 Å². The molecule has 1 aromatic carbocycles. The van der Waals surface area contributed by atoms with Gasteiger partial charge in [-0.2, -0.15) is 4.98 Å². The summed E-state index contributed by atoms with van der Waals surface area (Å²) in [5, 5.41) is 13.2. The number of hydrogen-bond acceptors (Lipinski definition) is 5. The van der Waals surface area contributed by atoms with Gasteiger partial charge in [0.1, 0.15) is 6.10 Å². The number of aliphatic hydroxyl groups excluding tert-OH is 1. The molecule has 0 aliphatic heterocycles. The Balaban J connectivity index is 2.11. The molecule has 1 aromatic heterocycles. The third-order valence-corrected chi connectivity index (χ3v) is 2.74. The smallest absolute Gasteiger partial charge is 0.256 e. The summed E-state index contributed by atoms with van der Waals surface area (Å²) in [6, 6.07) is 7.84. The second-order valence-corrected chi connectivity index (χ2v) is 4.52. The monoisotopic (exact) mass is 297 g/mol. The third kappa shape index (κ3) is 3.12. The van der Waals surface area contributed by atoms with Crippen molar-refractivity contribution in [3.05, 3.63) is 46.0 Å². The second kappa shape index (κ2) is 5.39. The number of rotatable bonds is 4. The Hall–Kier alpha value is -1.24. The number of aliphatic hydroxyl groups is 1. The zero-order chi connectivity index (χ0) is 12.3. The molecule has 0 aliphatic rings. The molecule has 0 fully saturated rings. The fourth-order valence-corrected chi connectivity index (χ4v) is 1.85. The zero-order valence-electron chi connectivity index (χ0n) is 9.01. The molecule has 0 aliphatic carbocycles. The van der Waals surface area contributed by atoms with Crippen LogP contribution in [0.25, 0.3) is 0 Å². The van der Waals surface area contributed by atoms with Crippen LogP contribution in [0.2, 0.25) is 0 Å². The molecule has 2 aromatic rings. The van der Waals surface area contributed by atoms with Gasteiger partial charge in [0.15, 0.2) is 5.82 Å². The molecule has 6 heteroatoms. The number of hydrogen-bond donors (Lipinski definition) is 2. The molecule has 2 rings (SSSR count). The average Bonchev–Trinajstić information content (AvgIpc) is 2.76. The van der Waals surface area contributed by atoms with Crippen LogP contribution in [0.15, 0.2) is 33.3 Å². The maximum Gasteiger partial charge on any atom is 0.256 e. The lowest BCUT2D eigenvalue weighted by Crippen LogP contribution is -2.11. The molecule has 0 amide bonds. The van der Waals surface area contributed by atoms with E-state index in [9.17, 15) is 5.11 Å². The molecular formula is C11H12BrN3O2. The molecule has 17 heavy (non-hydrogen) atoms. The Bertz CT molecular complexity index is 501. The predicted octanol–water partition coefficient (Wildman–Crippen LogP) is 1.42. The largest absolute Gasteiger partial charge is 0.382 e. The van der Waals surface area contributed by atoms with E-state index in [0.717, 1.165) is 10.0 Å². The van der Waals surface area contributed by atoms with E-state index in [0.29, 0.717) is 12.2 Å². The van der Waals surface area contributed by atoms with Crippen molar-refractivity contribution in [1.29, 1.82) is 0 Å². The molecule has 0 spiro atoms. The van der Waals surface area contributed by atoms with E-state index in [1.54, 1.807) is 0 Å². The fourth-order valence-electron chi connectivity index (χ4n) is 1.40. The number of nitrogens with two attached hydrogens (primary N) is 1. The maximum atomic E-state index is 9.42. The molecule has 90 valence electrons. The lowest BCUT2D eigenvalue weighted by atomic mass is 10.1. The first-order valence-corrected chi connectivity index (χ1v) is 5.93. The maximum absolute atomic E-state index is 9.42. The van der Waals surface area contributed by atoms with E-state index >= 15 is 0 Å². The summed E-state index contributed by atoms with van der Waals surface area (Å²) < 4.78 is 5.92. The van der Waals surface area contributed by atoms with Crippen LogP contribution in [0.1, 0.15) is 23.4 Å². The second-order valence-electron chi connectivity index (χ2n) is 3.61. The molecule has 3 N–H and O–H groups in total. The normalized spacial score (nSPS) is 12.6. The van der Waals surface area contributed by atoms with Crippen LogP contribution in [0, 0.1) is 0 Å². The van der Waals surface area contributed by atoms with Crippen LogP contribution in [0.3, 0.4) is 0 Å². The van der Waals surface area contributed by atoms with Crippen molar-refractivity contribution in [1.82, 2.24) is 10.1 Å². The van der Waals surface area contributed by atoms with Gasteiger partial charge in [-0.1, -0.05) is 33.2 Å². The average molecular weight is 298 g/mol. The van der Waals surface area contributed by atoms with E-state index in [1.807, 2.05) is 24.3 Å². The summed E-state index contributed by atoms with van der Waals surface area (Å²) in [7, 11) is 0. The summed E-state index contributed by atoms with van der Waals surface area (Å²) in [4.78, 5) is 4.08. The molecule has 0 radical (unpaired) electrons. The summed E-state index contributed by atoms with van der Waals surface area (Å²) in [5.41, 5.74) is 6.37. The Morgan fingerprint density at radius 3 is 3.00 bits per heavy atom. The van der Waals surface area contributed by atoms with Gasteiger partial charge in [-0.05, 0) is 17.7 Å². The number of nitrogens with zero attached hydrogens (tertiary/aromatic N) is 2. The van der Waals surface area contributed by atoms with Gasteiger partial charge in [-0.15, -0.1) is 0 Å². The summed E-state index contributed by atoms with van der Waals surface area (Å²) >= 11 is 3.39. The summed E-state index contributed by atoms with van der Waals surface area (Å²) in [5.74, 6) is 0.697. The first-order chi connectivity index (χ1) is 8.19. The standard InChI is InChI=1S/C11H12BrN3O2/c12-8-3-1-2-7(4-8)5-10-14-11(17-15-10)9(16)6-13/h1-4,9,16H,5-6,13H2/t9-/m0/s1. The molecule has 0 saturated carbocycles. The van der Waals surface area contributed by atoms with Crippen molar-refractivity contribution in [2.45, 2.75) is 12.5 Å². The Kier molecular flexibility index (Phi) is 3.88. The molecule has 1 atom stereocenters. The Morgan fingerprint density at radius 1 is 1.47 bits per heavy atom. The Labute approximate surface area is 107 Å². The summed E-state index contributed by atoms with van der Waals surface area (Å²) in [6.07, 6.45) is -0.334. The highest BCUT2D eigenvalue weighted by molar-refractivity contribution is 9.10. The zero-order valence-corrected chi connectivity index (χ0v) is 10.6. The van der Waals surface area contributed by atoms with Crippen LogP contribution in [0.4, 0.5) is 0 Å². The minimum absolute atomic E-state index is 0.0680. The van der Waals surface area contributed by atoms with E-state index in [4.69, 9.17) is 10.3 Å². The van der Waals surface area contributed by atoms with Gasteiger partial charge in [-0.25, -0.2) is 0 Å². The highest BCUT2D eigenvalue weighted by Gasteiger charge is 2.14. The van der Waals surface area contributed by atoms with Crippen molar-refractivity contribution in [3.8, 4) is 0 Å². The molecular weight excluding hydrogens is 286 g/mol. The van der Waals surface area contributed by atoms with Crippen LogP contribution in [0.5, 0.6) is 0 Å². The quantitative estimate of drug-likeness (QED) is 0.891. The lowest BCUT2D eigenvalue weighted by molar-refractivity contribution is 0.141. The fraction of sp³-hybridized carbons (Fsp3) is 0.273. The van der Waals surface area contributed by atoms with Crippen LogP contribution >= 0.6 is 15.9 Å². The van der Waals surface area contributed by atoms with Crippen LogP contribution in [-0.2, 0) is 6.42 Å². The number of halogens is 1. The van der Waals surface area contributed by atoms with E-state index in [2.05, 4.69) is 26.1 Å². The van der Waals surface area contributed by atoms with Crippen molar-refractivity contribution >= 4 is 15.9 Å². The number of aromatic nitrogens is 2. The SMILES string of the molecule is NC[C@H](O)c1nc(Cc2cccc(Br)c2)no1. The van der Waals surface area contributed by atoms with Crippen molar-refractivity contribution in [2.75, 3.05) is 6.54 Å². The predicted molar refractivity (Wildman–Crippen MR) is 65.3 cm³/mol. The van der Waals surface area contributed by atoms with Crippen molar-refractivity contribution in [3.63, 3.8) is 0 Å². The minimum Gasteiger partial charge on any atom is -0.382 e. The molecule has 1 heterocycles. The van der Waals surface area contributed by atoms with E-state index < -0.39 is 6.10 Å². The Morgan fingerprint density at radius 2 is 2.29 bits per heavy atom. The summed E-state index contributed by atoms with van der Waals surface area (Å²) in [6.45, 7) is 0.0680.